The van der Waals surface area contributed by atoms with Gasteiger partial charge in [0, 0.05) is 15.9 Å². The van der Waals surface area contributed by atoms with Gasteiger partial charge in [-0.2, -0.15) is 0 Å². The van der Waals surface area contributed by atoms with Crippen LogP contribution in [0, 0.1) is 5.82 Å². The summed E-state index contributed by atoms with van der Waals surface area (Å²) in [4.78, 5) is 0. The fourth-order valence-corrected chi connectivity index (χ4v) is 2.26. The van der Waals surface area contributed by atoms with Crippen molar-refractivity contribution in [3.05, 3.63) is 63.3 Å². The minimum absolute atomic E-state index is 0.0792. The van der Waals surface area contributed by atoms with Gasteiger partial charge in [0.1, 0.15) is 18.2 Å². The van der Waals surface area contributed by atoms with Gasteiger partial charge >= 0.3 is 0 Å². The zero-order chi connectivity index (χ0) is 14.5. The van der Waals surface area contributed by atoms with Gasteiger partial charge in [0.15, 0.2) is 0 Å². The van der Waals surface area contributed by atoms with Crippen LogP contribution in [0.25, 0.3) is 0 Å². The predicted octanol–water partition coefficient (Wildman–Crippen LogP) is 4.22. The molecule has 0 saturated heterocycles. The van der Waals surface area contributed by atoms with Crippen LogP contribution < -0.4 is 4.74 Å². The smallest absolute Gasteiger partial charge is 0.127 e. The van der Waals surface area contributed by atoms with Crippen molar-refractivity contribution < 1.29 is 14.2 Å². The van der Waals surface area contributed by atoms with E-state index in [0.29, 0.717) is 20.8 Å². The van der Waals surface area contributed by atoms with Crippen LogP contribution >= 0.6 is 27.5 Å². The Hall–Kier alpha value is -1.10. The highest BCUT2D eigenvalue weighted by Crippen LogP contribution is 2.19. The molecule has 1 N–H and O–H groups in total. The van der Waals surface area contributed by atoms with Crippen molar-refractivity contribution in [2.75, 3.05) is 6.61 Å². The van der Waals surface area contributed by atoms with Crippen molar-refractivity contribution in [3.63, 3.8) is 0 Å². The van der Waals surface area contributed by atoms with Crippen LogP contribution in [-0.2, 0) is 6.42 Å². The Balaban J connectivity index is 1.90. The lowest BCUT2D eigenvalue weighted by Crippen LogP contribution is -2.20. The zero-order valence-corrected chi connectivity index (χ0v) is 12.9. The van der Waals surface area contributed by atoms with Crippen LogP contribution in [0.3, 0.4) is 0 Å². The van der Waals surface area contributed by atoms with E-state index in [1.54, 1.807) is 36.4 Å². The number of benzene rings is 2. The van der Waals surface area contributed by atoms with E-state index in [0.717, 1.165) is 0 Å². The molecule has 0 aliphatic rings. The molecule has 0 fully saturated rings. The van der Waals surface area contributed by atoms with Crippen molar-refractivity contribution in [3.8, 4) is 5.75 Å². The van der Waals surface area contributed by atoms with Crippen molar-refractivity contribution in [2.24, 2.45) is 0 Å². The van der Waals surface area contributed by atoms with Crippen LogP contribution in [0.15, 0.2) is 46.9 Å². The lowest BCUT2D eigenvalue weighted by molar-refractivity contribution is 0.107. The molecule has 5 heteroatoms. The van der Waals surface area contributed by atoms with Gasteiger partial charge in [0.25, 0.3) is 0 Å². The highest BCUT2D eigenvalue weighted by molar-refractivity contribution is 9.10. The molecule has 2 nitrogen and oxygen atoms in total. The molecule has 1 atom stereocenters. The van der Waals surface area contributed by atoms with E-state index >= 15 is 0 Å². The molecule has 0 bridgehead atoms. The number of aliphatic hydroxyl groups excluding tert-OH is 1. The molecule has 0 heterocycles. The predicted molar refractivity (Wildman–Crippen MR) is 80.8 cm³/mol. The minimum atomic E-state index is -0.787. The number of halogens is 3. The van der Waals surface area contributed by atoms with Crippen LogP contribution in [0.4, 0.5) is 4.39 Å². The maximum absolute atomic E-state index is 13.6. The van der Waals surface area contributed by atoms with Gasteiger partial charge in [-0.3, -0.25) is 0 Å². The van der Waals surface area contributed by atoms with E-state index in [4.69, 9.17) is 16.3 Å². The van der Waals surface area contributed by atoms with E-state index in [1.807, 2.05) is 0 Å². The van der Waals surface area contributed by atoms with E-state index < -0.39 is 6.10 Å². The van der Waals surface area contributed by atoms with Gasteiger partial charge in [-0.05, 0) is 35.9 Å². The maximum Gasteiger partial charge on any atom is 0.127 e. The molecule has 0 aromatic heterocycles. The quantitative estimate of drug-likeness (QED) is 0.866. The Morgan fingerprint density at radius 3 is 2.75 bits per heavy atom. The molecule has 20 heavy (non-hydrogen) atoms. The third-order valence-electron chi connectivity index (χ3n) is 2.71. The number of hydrogen-bond donors (Lipinski definition) is 1. The van der Waals surface area contributed by atoms with Crippen LogP contribution in [0.1, 0.15) is 5.56 Å². The van der Waals surface area contributed by atoms with Gasteiger partial charge in [-0.25, -0.2) is 4.39 Å². The topological polar surface area (TPSA) is 29.5 Å². The molecule has 1 unspecified atom stereocenters. The largest absolute Gasteiger partial charge is 0.491 e. The third kappa shape index (κ3) is 4.47. The summed E-state index contributed by atoms with van der Waals surface area (Å²) in [6.45, 7) is 0.0792. The average Bonchev–Trinajstić information content (AvgIpc) is 2.40. The molecular formula is C15H13BrClFO2. The molecule has 2 aromatic carbocycles. The lowest BCUT2D eigenvalue weighted by Gasteiger charge is -2.13. The first-order valence-electron chi connectivity index (χ1n) is 6.05. The fraction of sp³-hybridized carbons (Fsp3) is 0.200. The van der Waals surface area contributed by atoms with Crippen molar-refractivity contribution in [1.82, 2.24) is 0 Å². The van der Waals surface area contributed by atoms with E-state index in [2.05, 4.69) is 15.9 Å². The number of rotatable bonds is 5. The SMILES string of the molecule is OC(COc1cccc(Cl)c1)Cc1ccc(Br)cc1F. The first-order valence-corrected chi connectivity index (χ1v) is 7.22. The van der Waals surface area contributed by atoms with Crippen LogP contribution in [0.5, 0.6) is 5.75 Å². The Morgan fingerprint density at radius 2 is 2.05 bits per heavy atom. The number of ether oxygens (including phenoxy) is 1. The first kappa shape index (κ1) is 15.3. The second kappa shape index (κ2) is 7.07. The molecule has 0 aliphatic heterocycles. The summed E-state index contributed by atoms with van der Waals surface area (Å²) in [7, 11) is 0. The highest BCUT2D eigenvalue weighted by Gasteiger charge is 2.11. The van der Waals surface area contributed by atoms with Crippen LogP contribution in [0.2, 0.25) is 5.02 Å². The monoisotopic (exact) mass is 358 g/mol. The highest BCUT2D eigenvalue weighted by atomic mass is 79.9. The van der Waals surface area contributed by atoms with E-state index in [-0.39, 0.29) is 18.8 Å². The van der Waals surface area contributed by atoms with Gasteiger partial charge in [-0.15, -0.1) is 0 Å². The summed E-state index contributed by atoms with van der Waals surface area (Å²) >= 11 is 9.02. The molecule has 0 spiro atoms. The summed E-state index contributed by atoms with van der Waals surface area (Å²) in [6, 6.07) is 11.7. The molecule has 0 saturated carbocycles. The maximum atomic E-state index is 13.6. The molecule has 106 valence electrons. The standard InChI is InChI=1S/C15H13BrClFO2/c16-11-5-4-10(15(18)7-11)6-13(19)9-20-14-3-1-2-12(17)8-14/h1-5,7-8,13,19H,6,9H2. The van der Waals surface area contributed by atoms with E-state index in [1.165, 1.54) is 6.07 Å². The van der Waals surface area contributed by atoms with Crippen LogP contribution in [-0.4, -0.2) is 17.8 Å². The Kier molecular flexibility index (Phi) is 5.40. The summed E-state index contributed by atoms with van der Waals surface area (Å²) in [5.74, 6) is 0.231. The Labute approximate surface area is 130 Å². The summed E-state index contributed by atoms with van der Waals surface area (Å²) in [5.41, 5.74) is 0.454. The zero-order valence-electron chi connectivity index (χ0n) is 10.5. The molecule has 0 aliphatic carbocycles. The van der Waals surface area contributed by atoms with Gasteiger partial charge in [-0.1, -0.05) is 39.7 Å². The second-order valence-electron chi connectivity index (χ2n) is 4.36. The third-order valence-corrected chi connectivity index (χ3v) is 3.44. The number of aliphatic hydroxyl groups is 1. The molecule has 0 radical (unpaired) electrons. The second-order valence-corrected chi connectivity index (χ2v) is 5.71. The normalized spacial score (nSPS) is 12.2. The summed E-state index contributed by atoms with van der Waals surface area (Å²) in [5, 5.41) is 10.5. The molecule has 2 rings (SSSR count). The van der Waals surface area contributed by atoms with Gasteiger partial charge in [0.05, 0.1) is 6.10 Å². The summed E-state index contributed by atoms with van der Waals surface area (Å²) in [6.07, 6.45) is -0.593. The molecule has 2 aromatic rings. The average molecular weight is 360 g/mol. The van der Waals surface area contributed by atoms with Crippen molar-refractivity contribution in [1.29, 1.82) is 0 Å². The Morgan fingerprint density at radius 1 is 1.25 bits per heavy atom. The minimum Gasteiger partial charge on any atom is -0.491 e. The van der Waals surface area contributed by atoms with Gasteiger partial charge in [0.2, 0.25) is 0 Å². The number of hydrogen-bond acceptors (Lipinski definition) is 2. The first-order chi connectivity index (χ1) is 9.54. The summed E-state index contributed by atoms with van der Waals surface area (Å²) < 4.78 is 19.7. The fourth-order valence-electron chi connectivity index (χ4n) is 1.75. The van der Waals surface area contributed by atoms with Gasteiger partial charge < -0.3 is 9.84 Å². The van der Waals surface area contributed by atoms with Crippen molar-refractivity contribution >= 4 is 27.5 Å². The lowest BCUT2D eigenvalue weighted by atomic mass is 10.1. The van der Waals surface area contributed by atoms with E-state index in [9.17, 15) is 9.50 Å². The van der Waals surface area contributed by atoms with Crippen molar-refractivity contribution in [2.45, 2.75) is 12.5 Å². The molecular weight excluding hydrogens is 347 g/mol. The Bertz CT molecular complexity index is 592. The molecule has 0 amide bonds.